The average molecular weight is 579 g/mol. The Labute approximate surface area is 228 Å². The maximum atomic E-state index is 13.3. The van der Waals surface area contributed by atoms with Gasteiger partial charge in [-0.2, -0.15) is 0 Å². The lowest BCUT2D eigenvalue weighted by atomic mass is 10.1. The molecule has 4 aromatic rings. The van der Waals surface area contributed by atoms with Crippen LogP contribution in [-0.4, -0.2) is 18.1 Å². The first-order chi connectivity index (χ1) is 17.5. The third kappa shape index (κ3) is 7.10. The van der Waals surface area contributed by atoms with Gasteiger partial charge in [0, 0.05) is 20.7 Å². The fourth-order valence-electron chi connectivity index (χ4n) is 3.46. The van der Waals surface area contributed by atoms with Crippen LogP contribution in [0.5, 0.6) is 5.75 Å². The Balaban J connectivity index is 1.49. The maximum Gasteiger partial charge on any atom is 0.242 e. The third-order valence-corrected chi connectivity index (χ3v) is 7.13. The van der Waals surface area contributed by atoms with Crippen molar-refractivity contribution in [3.63, 3.8) is 0 Å². The first-order valence-corrected chi connectivity index (χ1v) is 13.2. The van der Waals surface area contributed by atoms with Gasteiger partial charge >= 0.3 is 0 Å². The molecule has 8 heteroatoms. The molecule has 1 atom stereocenters. The van der Waals surface area contributed by atoms with Gasteiger partial charge in [0.2, 0.25) is 5.91 Å². The van der Waals surface area contributed by atoms with Crippen molar-refractivity contribution in [1.29, 1.82) is 0 Å². The molecule has 0 bridgehead atoms. The first kappa shape index (κ1) is 25.8. The number of hydrogen-bond donors (Lipinski definition) is 3. The molecule has 0 fully saturated rings. The number of para-hydroxylation sites is 2. The van der Waals surface area contributed by atoms with Crippen LogP contribution < -0.4 is 20.7 Å². The van der Waals surface area contributed by atoms with Crippen LogP contribution in [0.2, 0.25) is 0 Å². The summed E-state index contributed by atoms with van der Waals surface area (Å²) >= 11 is 10.4. The predicted molar refractivity (Wildman–Crippen MR) is 157 cm³/mol. The summed E-state index contributed by atoms with van der Waals surface area (Å²) < 4.78 is 6.33. The number of thiocarbonyl (C=S) groups is 1. The molecule has 4 aromatic carbocycles. The second-order valence-electron chi connectivity index (χ2n) is 7.71. The van der Waals surface area contributed by atoms with Gasteiger partial charge < -0.3 is 20.7 Å². The molecule has 0 aromatic heterocycles. The number of anilines is 3. The Hall–Kier alpha value is -3.33. The number of rotatable bonds is 8. The molecule has 5 nitrogen and oxygen atoms in total. The van der Waals surface area contributed by atoms with E-state index in [1.165, 1.54) is 11.8 Å². The number of thioether (sulfide) groups is 1. The van der Waals surface area contributed by atoms with Crippen LogP contribution >= 0.6 is 39.9 Å². The molecule has 0 aliphatic heterocycles. The number of nitrogens with one attached hydrogen (secondary N) is 3. The van der Waals surface area contributed by atoms with Crippen molar-refractivity contribution in [3.8, 4) is 5.75 Å². The summed E-state index contributed by atoms with van der Waals surface area (Å²) in [6.45, 7) is 0. The fraction of sp³-hybridized carbons (Fsp3) is 0.0714. The van der Waals surface area contributed by atoms with E-state index in [1.807, 2.05) is 103 Å². The van der Waals surface area contributed by atoms with Gasteiger partial charge in [-0.3, -0.25) is 4.79 Å². The van der Waals surface area contributed by atoms with Gasteiger partial charge in [-0.05, 0) is 72.4 Å². The number of carbonyl (C=O) groups is 1. The van der Waals surface area contributed by atoms with Crippen LogP contribution in [0, 0.1) is 0 Å². The number of methoxy groups -OCH3 is 1. The highest BCUT2D eigenvalue weighted by Crippen LogP contribution is 2.37. The standard InChI is InChI=1S/C28H24BrN3O2S2/c1-34-25-13-6-5-12-24(25)32-28(35)31-22-10-7-11-23(18-22)36-26(19-8-3-2-4-9-19)27(33)30-21-16-14-20(29)15-17-21/h2-18,26H,1H3,(H,30,33)(H2,31,32,35). The SMILES string of the molecule is COc1ccccc1NC(=S)Nc1cccc(SC(C(=O)Nc2ccc(Br)cc2)c2ccccc2)c1. The lowest BCUT2D eigenvalue weighted by molar-refractivity contribution is -0.115. The normalized spacial score (nSPS) is 11.3. The fourth-order valence-corrected chi connectivity index (χ4v) is 5.03. The van der Waals surface area contributed by atoms with Crippen molar-refractivity contribution in [2.75, 3.05) is 23.1 Å². The second kappa shape index (κ2) is 12.6. The van der Waals surface area contributed by atoms with Crippen molar-refractivity contribution in [2.24, 2.45) is 0 Å². The van der Waals surface area contributed by atoms with Crippen LogP contribution in [-0.2, 0) is 4.79 Å². The average Bonchev–Trinajstić information content (AvgIpc) is 2.89. The molecule has 0 aliphatic rings. The van der Waals surface area contributed by atoms with E-state index in [9.17, 15) is 4.79 Å². The highest BCUT2D eigenvalue weighted by molar-refractivity contribution is 9.10. The van der Waals surface area contributed by atoms with E-state index in [1.54, 1.807) is 7.11 Å². The molecular formula is C28H24BrN3O2S2. The van der Waals surface area contributed by atoms with Gasteiger partial charge in [-0.15, -0.1) is 11.8 Å². The highest BCUT2D eigenvalue weighted by atomic mass is 79.9. The number of carbonyl (C=O) groups excluding carboxylic acids is 1. The minimum absolute atomic E-state index is 0.0970. The Morgan fingerprint density at radius 2 is 1.56 bits per heavy atom. The zero-order chi connectivity index (χ0) is 25.3. The van der Waals surface area contributed by atoms with Crippen LogP contribution in [0.4, 0.5) is 17.1 Å². The zero-order valence-electron chi connectivity index (χ0n) is 19.4. The van der Waals surface area contributed by atoms with Crippen LogP contribution in [0.25, 0.3) is 0 Å². The van der Waals surface area contributed by atoms with Crippen molar-refractivity contribution in [3.05, 3.63) is 113 Å². The quantitative estimate of drug-likeness (QED) is 0.147. The summed E-state index contributed by atoms with van der Waals surface area (Å²) in [6, 6.07) is 32.7. The van der Waals surface area contributed by atoms with Gasteiger partial charge in [0.05, 0.1) is 12.8 Å². The monoisotopic (exact) mass is 577 g/mol. The molecule has 0 saturated carbocycles. The molecule has 0 aliphatic carbocycles. The van der Waals surface area contributed by atoms with Gasteiger partial charge in [-0.25, -0.2) is 0 Å². The Kier molecular flexibility index (Phi) is 9.00. The first-order valence-electron chi connectivity index (χ1n) is 11.1. The molecule has 0 saturated heterocycles. The van der Waals surface area contributed by atoms with E-state index in [4.69, 9.17) is 17.0 Å². The number of benzene rings is 4. The minimum atomic E-state index is -0.441. The van der Waals surface area contributed by atoms with Gasteiger partial charge in [0.15, 0.2) is 5.11 Å². The van der Waals surface area contributed by atoms with Crippen molar-refractivity contribution >= 4 is 68.0 Å². The van der Waals surface area contributed by atoms with Crippen LogP contribution in [0.1, 0.15) is 10.8 Å². The van der Waals surface area contributed by atoms with E-state index in [0.29, 0.717) is 10.9 Å². The van der Waals surface area contributed by atoms with Gasteiger partial charge in [-0.1, -0.05) is 64.5 Å². The summed E-state index contributed by atoms with van der Waals surface area (Å²) in [6.07, 6.45) is 0. The summed E-state index contributed by atoms with van der Waals surface area (Å²) in [5.41, 5.74) is 3.25. The van der Waals surface area contributed by atoms with E-state index in [2.05, 4.69) is 31.9 Å². The topological polar surface area (TPSA) is 62.4 Å². The van der Waals surface area contributed by atoms with Crippen LogP contribution in [0.3, 0.4) is 0 Å². The molecule has 4 rings (SSSR count). The van der Waals surface area contributed by atoms with Crippen molar-refractivity contribution in [1.82, 2.24) is 0 Å². The van der Waals surface area contributed by atoms with Gasteiger partial charge in [0.25, 0.3) is 0 Å². The highest BCUT2D eigenvalue weighted by Gasteiger charge is 2.22. The summed E-state index contributed by atoms with van der Waals surface area (Å²) in [7, 11) is 1.62. The molecule has 0 radical (unpaired) electrons. The van der Waals surface area contributed by atoms with Crippen LogP contribution in [0.15, 0.2) is 112 Å². The number of hydrogen-bond acceptors (Lipinski definition) is 4. The predicted octanol–water partition coefficient (Wildman–Crippen LogP) is 7.74. The summed E-state index contributed by atoms with van der Waals surface area (Å²) in [4.78, 5) is 14.3. The smallest absolute Gasteiger partial charge is 0.242 e. The number of halogens is 1. The van der Waals surface area contributed by atoms with Gasteiger partial charge in [0.1, 0.15) is 11.0 Å². The Morgan fingerprint density at radius 3 is 2.31 bits per heavy atom. The Bertz CT molecular complexity index is 1330. The molecule has 1 amide bonds. The third-order valence-electron chi connectivity index (χ3n) is 5.15. The molecular weight excluding hydrogens is 554 g/mol. The summed E-state index contributed by atoms with van der Waals surface area (Å²) in [5, 5.41) is 9.41. The van der Waals surface area contributed by atoms with E-state index >= 15 is 0 Å². The zero-order valence-corrected chi connectivity index (χ0v) is 22.6. The molecule has 1 unspecified atom stereocenters. The maximum absolute atomic E-state index is 13.3. The number of ether oxygens (including phenoxy) is 1. The molecule has 0 spiro atoms. The van der Waals surface area contributed by atoms with E-state index in [0.717, 1.165) is 32.0 Å². The molecule has 3 N–H and O–H groups in total. The van der Waals surface area contributed by atoms with E-state index in [-0.39, 0.29) is 5.91 Å². The molecule has 182 valence electrons. The number of amides is 1. The van der Waals surface area contributed by atoms with E-state index < -0.39 is 5.25 Å². The summed E-state index contributed by atoms with van der Waals surface area (Å²) in [5.74, 6) is 0.605. The second-order valence-corrected chi connectivity index (χ2v) is 10.2. The van der Waals surface area contributed by atoms with Crippen molar-refractivity contribution < 1.29 is 9.53 Å². The largest absolute Gasteiger partial charge is 0.495 e. The minimum Gasteiger partial charge on any atom is -0.495 e. The van der Waals surface area contributed by atoms with Crippen molar-refractivity contribution in [2.45, 2.75) is 10.1 Å². The lowest BCUT2D eigenvalue weighted by Gasteiger charge is -2.18. The molecule has 0 heterocycles. The molecule has 36 heavy (non-hydrogen) atoms. The Morgan fingerprint density at radius 1 is 0.833 bits per heavy atom. The lowest BCUT2D eigenvalue weighted by Crippen LogP contribution is -2.20.